The average molecular weight is 422 g/mol. The van der Waals surface area contributed by atoms with Crippen LogP contribution in [0.3, 0.4) is 0 Å². The molecule has 2 N–H and O–H groups in total. The maximum atomic E-state index is 13.1. The Hall–Kier alpha value is -3.48. The van der Waals surface area contributed by atoms with E-state index in [4.69, 9.17) is 10.5 Å². The number of carbonyl (C=O) groups is 4. The van der Waals surface area contributed by atoms with Crippen LogP contribution in [0, 0.1) is 19.8 Å². The van der Waals surface area contributed by atoms with Crippen molar-refractivity contribution in [2.75, 3.05) is 19.7 Å². The lowest BCUT2D eigenvalue weighted by molar-refractivity contribution is -0.137. The van der Waals surface area contributed by atoms with Crippen molar-refractivity contribution in [2.24, 2.45) is 11.7 Å². The van der Waals surface area contributed by atoms with Crippen LogP contribution < -0.4 is 5.73 Å². The number of nitrogens with zero attached hydrogens (tertiary/aromatic N) is 1. The molecule has 0 atom stereocenters. The number of hydrogen-bond donors (Lipinski definition) is 1. The Kier molecular flexibility index (Phi) is 6.84. The molecule has 0 bridgehead atoms. The van der Waals surface area contributed by atoms with Gasteiger partial charge in [-0.05, 0) is 44.4 Å². The highest BCUT2D eigenvalue weighted by Gasteiger charge is 2.27. The summed E-state index contributed by atoms with van der Waals surface area (Å²) in [5, 5.41) is 0. The summed E-state index contributed by atoms with van der Waals surface area (Å²) in [7, 11) is 0. The van der Waals surface area contributed by atoms with E-state index in [1.54, 1.807) is 29.2 Å². The van der Waals surface area contributed by atoms with Gasteiger partial charge >= 0.3 is 5.97 Å². The minimum absolute atomic E-state index is 0.119. The van der Waals surface area contributed by atoms with Crippen LogP contribution in [0.4, 0.5) is 0 Å². The van der Waals surface area contributed by atoms with Gasteiger partial charge in [0, 0.05) is 30.1 Å². The number of likely N-dealkylation sites (tertiary alicyclic amines) is 1. The van der Waals surface area contributed by atoms with Crippen LogP contribution in [0.25, 0.3) is 0 Å². The van der Waals surface area contributed by atoms with Crippen LogP contribution in [-0.2, 0) is 14.3 Å². The zero-order valence-corrected chi connectivity index (χ0v) is 17.7. The Morgan fingerprint density at radius 1 is 0.968 bits per heavy atom. The average Bonchev–Trinajstić information content (AvgIpc) is 2.78. The number of aryl methyl sites for hydroxylation is 2. The number of nitrogens with two attached hydrogens (primary N) is 1. The van der Waals surface area contributed by atoms with E-state index in [0.29, 0.717) is 31.5 Å². The van der Waals surface area contributed by atoms with Crippen molar-refractivity contribution in [2.45, 2.75) is 26.7 Å². The minimum atomic E-state index is -0.727. The number of amides is 2. The number of carbonyl (C=O) groups excluding carboxylic acids is 4. The van der Waals surface area contributed by atoms with E-state index in [9.17, 15) is 19.2 Å². The van der Waals surface area contributed by atoms with Crippen LogP contribution in [0.5, 0.6) is 0 Å². The zero-order valence-electron chi connectivity index (χ0n) is 17.7. The fourth-order valence-corrected chi connectivity index (χ4v) is 3.69. The van der Waals surface area contributed by atoms with E-state index in [1.807, 2.05) is 26.0 Å². The van der Waals surface area contributed by atoms with Crippen LogP contribution in [-0.4, -0.2) is 48.2 Å². The Morgan fingerprint density at radius 2 is 1.61 bits per heavy atom. The molecule has 162 valence electrons. The smallest absolute Gasteiger partial charge is 0.339 e. The first kappa shape index (κ1) is 22.2. The van der Waals surface area contributed by atoms with Gasteiger partial charge in [-0.25, -0.2) is 4.79 Å². The molecule has 2 aromatic carbocycles. The Morgan fingerprint density at radius 3 is 2.26 bits per heavy atom. The van der Waals surface area contributed by atoms with E-state index in [1.165, 1.54) is 6.07 Å². The molecule has 1 saturated heterocycles. The van der Waals surface area contributed by atoms with Gasteiger partial charge in [0.05, 0.1) is 5.56 Å². The molecule has 1 aliphatic heterocycles. The monoisotopic (exact) mass is 422 g/mol. The van der Waals surface area contributed by atoms with Gasteiger partial charge in [0.2, 0.25) is 5.91 Å². The number of hydrogen-bond acceptors (Lipinski definition) is 5. The third kappa shape index (κ3) is 5.17. The summed E-state index contributed by atoms with van der Waals surface area (Å²) in [6.45, 7) is 4.10. The van der Waals surface area contributed by atoms with Gasteiger partial charge in [-0.15, -0.1) is 0 Å². The molecule has 1 aliphatic rings. The summed E-state index contributed by atoms with van der Waals surface area (Å²) in [4.78, 5) is 51.0. The van der Waals surface area contributed by atoms with Crippen molar-refractivity contribution in [3.05, 3.63) is 70.3 Å². The van der Waals surface area contributed by atoms with Gasteiger partial charge in [-0.1, -0.05) is 35.9 Å². The number of piperidine rings is 1. The number of ketones is 1. The number of ether oxygens (including phenoxy) is 1. The molecule has 2 aromatic rings. The molecule has 0 radical (unpaired) electrons. The third-order valence-corrected chi connectivity index (χ3v) is 5.61. The number of esters is 1. The molecule has 7 nitrogen and oxygen atoms in total. The van der Waals surface area contributed by atoms with Crippen LogP contribution in [0.1, 0.15) is 50.2 Å². The van der Waals surface area contributed by atoms with Crippen molar-refractivity contribution in [1.29, 1.82) is 0 Å². The Labute approximate surface area is 181 Å². The van der Waals surface area contributed by atoms with Gasteiger partial charge in [0.25, 0.3) is 5.91 Å². The Bertz CT molecular complexity index is 1020. The topological polar surface area (TPSA) is 107 Å². The first-order chi connectivity index (χ1) is 14.8. The van der Waals surface area contributed by atoms with Crippen LogP contribution >= 0.6 is 0 Å². The molecule has 1 heterocycles. The van der Waals surface area contributed by atoms with E-state index >= 15 is 0 Å². The number of primary amides is 1. The second-order valence-electron chi connectivity index (χ2n) is 7.83. The maximum absolute atomic E-state index is 13.1. The van der Waals surface area contributed by atoms with Crippen molar-refractivity contribution in [1.82, 2.24) is 4.90 Å². The highest BCUT2D eigenvalue weighted by atomic mass is 16.5. The summed E-state index contributed by atoms with van der Waals surface area (Å²) >= 11 is 0. The van der Waals surface area contributed by atoms with Gasteiger partial charge in [-0.3, -0.25) is 14.4 Å². The highest BCUT2D eigenvalue weighted by Crippen LogP contribution is 2.20. The largest absolute Gasteiger partial charge is 0.452 e. The predicted molar refractivity (Wildman–Crippen MR) is 115 cm³/mol. The van der Waals surface area contributed by atoms with Crippen molar-refractivity contribution in [3.8, 4) is 0 Å². The number of rotatable bonds is 6. The summed E-state index contributed by atoms with van der Waals surface area (Å²) < 4.78 is 5.22. The predicted octanol–water partition coefficient (Wildman–Crippen LogP) is 2.42. The third-order valence-electron chi connectivity index (χ3n) is 5.61. The van der Waals surface area contributed by atoms with Crippen LogP contribution in [0.2, 0.25) is 0 Å². The highest BCUT2D eigenvalue weighted by molar-refractivity contribution is 6.15. The summed E-state index contributed by atoms with van der Waals surface area (Å²) in [6, 6.07) is 12.0. The molecule has 31 heavy (non-hydrogen) atoms. The van der Waals surface area contributed by atoms with E-state index in [-0.39, 0.29) is 34.6 Å². The Balaban J connectivity index is 1.68. The molecule has 0 aromatic heterocycles. The summed E-state index contributed by atoms with van der Waals surface area (Å²) in [6.07, 6.45) is 1.00. The normalized spacial score (nSPS) is 14.2. The van der Waals surface area contributed by atoms with Crippen molar-refractivity contribution >= 4 is 23.6 Å². The second kappa shape index (κ2) is 9.55. The SMILES string of the molecule is Cc1ccc(C)c(C(=O)c2ccccc2C(=O)OCC(=O)N2CCC(C(N)=O)CC2)c1. The zero-order chi connectivity index (χ0) is 22.5. The molecule has 7 heteroatoms. The van der Waals surface area contributed by atoms with E-state index < -0.39 is 12.6 Å². The van der Waals surface area contributed by atoms with Gasteiger partial charge in [0.15, 0.2) is 12.4 Å². The molecular formula is C24H26N2O5. The van der Waals surface area contributed by atoms with Crippen LogP contribution in [0.15, 0.2) is 42.5 Å². The first-order valence-electron chi connectivity index (χ1n) is 10.2. The quantitative estimate of drug-likeness (QED) is 0.568. The minimum Gasteiger partial charge on any atom is -0.452 e. The second-order valence-corrected chi connectivity index (χ2v) is 7.83. The molecule has 0 aliphatic carbocycles. The van der Waals surface area contributed by atoms with Gasteiger partial charge in [0.1, 0.15) is 0 Å². The standard InChI is InChI=1S/C24H26N2O5/c1-15-7-8-16(2)20(13-15)22(28)18-5-3-4-6-19(18)24(30)31-14-21(27)26-11-9-17(10-12-26)23(25)29/h3-8,13,17H,9-12,14H2,1-2H3,(H2,25,29). The molecule has 0 spiro atoms. The molecule has 1 fully saturated rings. The maximum Gasteiger partial charge on any atom is 0.339 e. The van der Waals surface area contributed by atoms with Gasteiger partial charge < -0.3 is 15.4 Å². The van der Waals surface area contributed by atoms with E-state index in [0.717, 1.165) is 11.1 Å². The lowest BCUT2D eigenvalue weighted by Crippen LogP contribution is -2.43. The lowest BCUT2D eigenvalue weighted by atomic mass is 9.94. The number of benzene rings is 2. The fraction of sp³-hybridized carbons (Fsp3) is 0.333. The van der Waals surface area contributed by atoms with Crippen molar-refractivity contribution in [3.63, 3.8) is 0 Å². The van der Waals surface area contributed by atoms with Gasteiger partial charge in [-0.2, -0.15) is 0 Å². The molecule has 0 unspecified atom stereocenters. The van der Waals surface area contributed by atoms with Crippen molar-refractivity contribution < 1.29 is 23.9 Å². The molecule has 0 saturated carbocycles. The van der Waals surface area contributed by atoms with E-state index in [2.05, 4.69) is 0 Å². The molecule has 2 amide bonds. The molecular weight excluding hydrogens is 396 g/mol. The lowest BCUT2D eigenvalue weighted by Gasteiger charge is -2.30. The summed E-state index contributed by atoms with van der Waals surface area (Å²) in [5.41, 5.74) is 7.94. The first-order valence-corrected chi connectivity index (χ1v) is 10.2. The summed E-state index contributed by atoms with van der Waals surface area (Å²) in [5.74, 6) is -1.92. The molecule has 3 rings (SSSR count). The fourth-order valence-electron chi connectivity index (χ4n) is 3.69.